The number of nitrogens with zero attached hydrogens (tertiary/aromatic N) is 3. The predicted molar refractivity (Wildman–Crippen MR) is 128 cm³/mol. The van der Waals surface area contributed by atoms with Gasteiger partial charge in [0.2, 0.25) is 0 Å². The van der Waals surface area contributed by atoms with Crippen molar-refractivity contribution in [1.82, 2.24) is 14.5 Å². The summed E-state index contributed by atoms with van der Waals surface area (Å²) in [6.45, 7) is 6.74. The highest BCUT2D eigenvalue weighted by atomic mass is 16.5. The fraction of sp³-hybridized carbons (Fsp3) is 0.222. The van der Waals surface area contributed by atoms with Crippen molar-refractivity contribution in [3.63, 3.8) is 0 Å². The van der Waals surface area contributed by atoms with Crippen LogP contribution in [0.15, 0.2) is 65.5 Å². The van der Waals surface area contributed by atoms with E-state index < -0.39 is 0 Å². The molecule has 5 heteroatoms. The van der Waals surface area contributed by atoms with E-state index in [-0.39, 0.29) is 12.3 Å². The molecule has 4 aromatic rings. The Labute approximate surface area is 187 Å². The fourth-order valence-electron chi connectivity index (χ4n) is 3.72. The average molecular weight is 424 g/mol. The minimum atomic E-state index is -0.318. The largest absolute Gasteiger partial charge is 0.481 e. The minimum Gasteiger partial charge on any atom is -0.481 e. The summed E-state index contributed by atoms with van der Waals surface area (Å²) in [7, 11) is 0. The maximum atomic E-state index is 13.1. The van der Waals surface area contributed by atoms with E-state index in [2.05, 4.69) is 41.9 Å². The van der Waals surface area contributed by atoms with Gasteiger partial charge in [0.1, 0.15) is 12.4 Å². The molecule has 0 aliphatic heterocycles. The minimum absolute atomic E-state index is 0.171. The molecule has 0 fully saturated rings. The normalized spacial score (nSPS) is 11.0. The highest BCUT2D eigenvalue weighted by Gasteiger charge is 2.15. The number of aryl methyl sites for hydroxylation is 1. The van der Waals surface area contributed by atoms with Gasteiger partial charge in [-0.1, -0.05) is 50.1 Å². The summed E-state index contributed by atoms with van der Waals surface area (Å²) >= 11 is 0. The second-order valence-corrected chi connectivity index (χ2v) is 8.05. The van der Waals surface area contributed by atoms with Gasteiger partial charge in [-0.25, -0.2) is 4.79 Å². The molecule has 5 nitrogen and oxygen atoms in total. The predicted octanol–water partition coefficient (Wildman–Crippen LogP) is 4.95. The number of pyridine rings is 1. The zero-order valence-corrected chi connectivity index (χ0v) is 18.5. The third-order valence-electron chi connectivity index (χ3n) is 5.39. The zero-order chi connectivity index (χ0) is 22.7. The molecule has 0 aliphatic carbocycles. The lowest BCUT2D eigenvalue weighted by Gasteiger charge is -2.15. The highest BCUT2D eigenvalue weighted by Crippen LogP contribution is 2.30. The number of fused-ring (bicyclic) bond motifs is 1. The first kappa shape index (κ1) is 21.3. The van der Waals surface area contributed by atoms with Crippen LogP contribution in [0.4, 0.5) is 0 Å². The van der Waals surface area contributed by atoms with E-state index in [1.807, 2.05) is 55.5 Å². The molecule has 0 atom stereocenters. The van der Waals surface area contributed by atoms with Gasteiger partial charge in [0.15, 0.2) is 0 Å². The van der Waals surface area contributed by atoms with Crippen molar-refractivity contribution in [1.29, 1.82) is 0 Å². The molecule has 32 heavy (non-hydrogen) atoms. The van der Waals surface area contributed by atoms with E-state index >= 15 is 0 Å². The average Bonchev–Trinajstić information content (AvgIpc) is 2.79. The molecule has 2 aromatic heterocycles. The number of ether oxygens (including phenoxy) is 1. The van der Waals surface area contributed by atoms with Crippen molar-refractivity contribution in [3.8, 4) is 29.4 Å². The van der Waals surface area contributed by atoms with Gasteiger partial charge in [-0.2, -0.15) is 4.98 Å². The van der Waals surface area contributed by atoms with Gasteiger partial charge in [-0.15, -0.1) is 6.42 Å². The number of hydrogen-bond acceptors (Lipinski definition) is 4. The first-order chi connectivity index (χ1) is 15.5. The molecule has 0 saturated heterocycles. The quantitative estimate of drug-likeness (QED) is 0.412. The molecule has 0 spiro atoms. The lowest BCUT2D eigenvalue weighted by molar-refractivity contribution is 0.371. The van der Waals surface area contributed by atoms with Crippen LogP contribution in [0.1, 0.15) is 36.7 Å². The second-order valence-electron chi connectivity index (χ2n) is 8.05. The zero-order valence-electron chi connectivity index (χ0n) is 18.5. The number of terminal acetylenes is 1. The third kappa shape index (κ3) is 4.40. The third-order valence-corrected chi connectivity index (χ3v) is 5.39. The fourth-order valence-corrected chi connectivity index (χ4v) is 3.72. The summed E-state index contributed by atoms with van der Waals surface area (Å²) in [6, 6.07) is 19.6. The Balaban J connectivity index is 1.89. The molecular weight excluding hydrogens is 398 g/mol. The lowest BCUT2D eigenvalue weighted by atomic mass is 9.99. The Hall–Kier alpha value is -3.91. The van der Waals surface area contributed by atoms with E-state index in [0.717, 1.165) is 27.9 Å². The van der Waals surface area contributed by atoms with Gasteiger partial charge in [0, 0.05) is 16.6 Å². The van der Waals surface area contributed by atoms with Crippen LogP contribution in [-0.2, 0) is 6.54 Å². The van der Waals surface area contributed by atoms with E-state index in [4.69, 9.17) is 11.2 Å². The molecule has 160 valence electrons. The number of hydrogen-bond donors (Lipinski definition) is 0. The SMILES string of the molecule is C#CCOc1ccc2c(c1)c(-c1ccc(C(C)C)cc1)nc(=O)n2Cc1cccc(C)n1. The van der Waals surface area contributed by atoms with E-state index in [1.54, 1.807) is 4.57 Å². The maximum Gasteiger partial charge on any atom is 0.348 e. The first-order valence-corrected chi connectivity index (χ1v) is 10.6. The molecule has 0 saturated carbocycles. The van der Waals surface area contributed by atoms with Crippen LogP contribution >= 0.6 is 0 Å². The highest BCUT2D eigenvalue weighted by molar-refractivity contribution is 5.93. The number of benzene rings is 2. The second kappa shape index (κ2) is 9.07. The van der Waals surface area contributed by atoms with E-state index in [9.17, 15) is 4.79 Å². The molecule has 0 bridgehead atoms. The Morgan fingerprint density at radius 3 is 2.53 bits per heavy atom. The first-order valence-electron chi connectivity index (χ1n) is 10.6. The van der Waals surface area contributed by atoms with Crippen LogP contribution in [0.2, 0.25) is 0 Å². The van der Waals surface area contributed by atoms with Crippen molar-refractivity contribution in [3.05, 3.63) is 88.1 Å². The molecule has 0 radical (unpaired) electrons. The van der Waals surface area contributed by atoms with Crippen molar-refractivity contribution < 1.29 is 4.74 Å². The van der Waals surface area contributed by atoms with Gasteiger partial charge in [-0.3, -0.25) is 9.55 Å². The summed E-state index contributed by atoms with van der Waals surface area (Å²) in [5.41, 5.74) is 4.89. The van der Waals surface area contributed by atoms with Crippen molar-refractivity contribution >= 4 is 10.9 Å². The summed E-state index contributed by atoms with van der Waals surface area (Å²) in [5.74, 6) is 3.54. The van der Waals surface area contributed by atoms with Gasteiger partial charge in [-0.05, 0) is 48.7 Å². The molecule has 0 N–H and O–H groups in total. The van der Waals surface area contributed by atoms with Crippen LogP contribution in [0.3, 0.4) is 0 Å². The topological polar surface area (TPSA) is 57.0 Å². The molecule has 2 heterocycles. The van der Waals surface area contributed by atoms with Gasteiger partial charge >= 0.3 is 5.69 Å². The molecule has 0 amide bonds. The van der Waals surface area contributed by atoms with Crippen LogP contribution in [0.25, 0.3) is 22.2 Å². The number of aromatic nitrogens is 3. The van der Waals surface area contributed by atoms with E-state index in [1.165, 1.54) is 5.56 Å². The summed E-state index contributed by atoms with van der Waals surface area (Å²) in [4.78, 5) is 22.1. The van der Waals surface area contributed by atoms with Gasteiger partial charge in [0.05, 0.1) is 23.4 Å². The standard InChI is InChI=1S/C27H25N3O2/c1-5-15-32-23-13-14-25-24(16-23)26(21-11-9-20(10-12-21)18(2)3)29-27(31)30(25)17-22-8-6-7-19(4)28-22/h1,6-14,16,18H,15,17H2,2-4H3. The van der Waals surface area contributed by atoms with E-state index in [0.29, 0.717) is 23.9 Å². The molecule has 0 aliphatic rings. The van der Waals surface area contributed by atoms with Crippen molar-refractivity contribution in [2.75, 3.05) is 6.61 Å². The number of rotatable bonds is 6. The van der Waals surface area contributed by atoms with Crippen molar-refractivity contribution in [2.24, 2.45) is 0 Å². The van der Waals surface area contributed by atoms with Crippen LogP contribution in [0.5, 0.6) is 5.75 Å². The van der Waals surface area contributed by atoms with Crippen LogP contribution in [0, 0.1) is 19.3 Å². The van der Waals surface area contributed by atoms with Crippen molar-refractivity contribution in [2.45, 2.75) is 33.2 Å². The molecule has 0 unspecified atom stereocenters. The monoisotopic (exact) mass is 423 g/mol. The Kier molecular flexibility index (Phi) is 6.04. The van der Waals surface area contributed by atoms with Gasteiger partial charge < -0.3 is 4.74 Å². The Morgan fingerprint density at radius 1 is 1.06 bits per heavy atom. The summed E-state index contributed by atoms with van der Waals surface area (Å²) in [5, 5.41) is 0.823. The maximum absolute atomic E-state index is 13.1. The summed E-state index contributed by atoms with van der Waals surface area (Å²) in [6.07, 6.45) is 5.35. The molecule has 4 rings (SSSR count). The summed E-state index contributed by atoms with van der Waals surface area (Å²) < 4.78 is 7.29. The Morgan fingerprint density at radius 2 is 1.84 bits per heavy atom. The van der Waals surface area contributed by atoms with Gasteiger partial charge in [0.25, 0.3) is 0 Å². The molecular formula is C27H25N3O2. The smallest absolute Gasteiger partial charge is 0.348 e. The molecule has 2 aromatic carbocycles. The van der Waals surface area contributed by atoms with Crippen LogP contribution in [-0.4, -0.2) is 21.1 Å². The Bertz CT molecular complexity index is 1360. The van der Waals surface area contributed by atoms with Crippen LogP contribution < -0.4 is 10.4 Å². The lowest BCUT2D eigenvalue weighted by Crippen LogP contribution is -2.25.